The number of alkyl halides is 1. The minimum atomic E-state index is -0.0796. The van der Waals surface area contributed by atoms with Crippen LogP contribution in [0.5, 0.6) is 0 Å². The molecular formula is C6H9BrO2. The van der Waals surface area contributed by atoms with Gasteiger partial charge in [0.05, 0.1) is 6.10 Å². The predicted octanol–water partition coefficient (Wildman–Crippen LogP) is 1.13. The number of epoxide rings is 1. The molecule has 0 aromatic carbocycles. The van der Waals surface area contributed by atoms with Gasteiger partial charge in [0.25, 0.3) is 0 Å². The second-order valence-corrected chi connectivity index (χ2v) is 2.90. The summed E-state index contributed by atoms with van der Waals surface area (Å²) in [6.07, 6.45) is 3.13. The zero-order valence-corrected chi connectivity index (χ0v) is 6.63. The number of hydrogen-bond donors (Lipinski definition) is 0. The molecule has 1 aliphatic heterocycles. The second kappa shape index (κ2) is 3.32. The average molecular weight is 193 g/mol. The van der Waals surface area contributed by atoms with Crippen LogP contribution in [-0.4, -0.2) is 23.8 Å². The maximum atomic E-state index is 10.0. The third-order valence-corrected chi connectivity index (χ3v) is 1.94. The molecule has 1 fully saturated rings. The van der Waals surface area contributed by atoms with Gasteiger partial charge in [-0.05, 0) is 12.8 Å². The van der Waals surface area contributed by atoms with Crippen molar-refractivity contribution in [2.75, 3.05) is 5.33 Å². The van der Waals surface area contributed by atoms with Crippen molar-refractivity contribution in [1.82, 2.24) is 0 Å². The second-order valence-electron chi connectivity index (χ2n) is 2.11. The van der Waals surface area contributed by atoms with Gasteiger partial charge in [-0.1, -0.05) is 15.9 Å². The first-order valence-corrected chi connectivity index (χ1v) is 4.17. The molecule has 1 aliphatic rings. The standard InChI is InChI=1S/C6H9BrO2/c7-3-1-2-5-6(4-8)9-5/h4-6H,1-3H2/t5-,6-/m1/s1. The molecule has 0 spiro atoms. The van der Waals surface area contributed by atoms with Gasteiger partial charge < -0.3 is 9.53 Å². The Hall–Kier alpha value is 0.110. The first kappa shape index (κ1) is 7.22. The fourth-order valence-corrected chi connectivity index (χ4v) is 1.11. The van der Waals surface area contributed by atoms with E-state index in [-0.39, 0.29) is 12.2 Å². The molecule has 9 heavy (non-hydrogen) atoms. The van der Waals surface area contributed by atoms with Crippen molar-refractivity contribution in [2.24, 2.45) is 0 Å². The first-order valence-electron chi connectivity index (χ1n) is 3.05. The van der Waals surface area contributed by atoms with E-state index in [9.17, 15) is 4.79 Å². The summed E-state index contributed by atoms with van der Waals surface area (Å²) in [7, 11) is 0. The highest BCUT2D eigenvalue weighted by molar-refractivity contribution is 9.09. The van der Waals surface area contributed by atoms with E-state index in [0.29, 0.717) is 0 Å². The number of carbonyl (C=O) groups is 1. The van der Waals surface area contributed by atoms with Crippen LogP contribution in [0.1, 0.15) is 12.8 Å². The van der Waals surface area contributed by atoms with E-state index in [1.54, 1.807) is 0 Å². The van der Waals surface area contributed by atoms with Crippen molar-refractivity contribution >= 4 is 22.2 Å². The lowest BCUT2D eigenvalue weighted by molar-refractivity contribution is -0.108. The number of aldehydes is 1. The molecule has 0 unspecified atom stereocenters. The van der Waals surface area contributed by atoms with Crippen LogP contribution in [0.2, 0.25) is 0 Å². The van der Waals surface area contributed by atoms with Crippen LogP contribution in [0.4, 0.5) is 0 Å². The molecule has 2 nitrogen and oxygen atoms in total. The third-order valence-electron chi connectivity index (χ3n) is 1.38. The van der Waals surface area contributed by atoms with Gasteiger partial charge in [0.15, 0.2) is 6.29 Å². The summed E-state index contributed by atoms with van der Waals surface area (Å²) in [6, 6.07) is 0. The molecule has 2 atom stereocenters. The largest absolute Gasteiger partial charge is 0.362 e. The molecule has 1 saturated heterocycles. The maximum Gasteiger partial charge on any atom is 0.151 e. The molecule has 0 saturated carbocycles. The Kier molecular flexibility index (Phi) is 2.66. The fourth-order valence-electron chi connectivity index (χ4n) is 0.787. The molecule has 0 aromatic rings. The van der Waals surface area contributed by atoms with Crippen LogP contribution in [-0.2, 0) is 9.53 Å². The van der Waals surface area contributed by atoms with Crippen molar-refractivity contribution in [1.29, 1.82) is 0 Å². The highest BCUT2D eigenvalue weighted by atomic mass is 79.9. The minimum Gasteiger partial charge on any atom is -0.362 e. The molecular weight excluding hydrogens is 184 g/mol. The van der Waals surface area contributed by atoms with Crippen LogP contribution in [0, 0.1) is 0 Å². The zero-order valence-electron chi connectivity index (χ0n) is 5.05. The minimum absolute atomic E-state index is 0.0796. The summed E-state index contributed by atoms with van der Waals surface area (Å²) in [5, 5.41) is 0.998. The van der Waals surface area contributed by atoms with Crippen LogP contribution < -0.4 is 0 Å². The summed E-state index contributed by atoms with van der Waals surface area (Å²) < 4.78 is 4.98. The Morgan fingerprint density at radius 1 is 1.67 bits per heavy atom. The Bertz CT molecular complexity index is 105. The van der Waals surface area contributed by atoms with Crippen LogP contribution >= 0.6 is 15.9 Å². The Morgan fingerprint density at radius 2 is 2.44 bits per heavy atom. The lowest BCUT2D eigenvalue weighted by Crippen LogP contribution is -1.94. The van der Waals surface area contributed by atoms with Crippen LogP contribution in [0.15, 0.2) is 0 Å². The molecule has 1 heterocycles. The highest BCUT2D eigenvalue weighted by Crippen LogP contribution is 2.24. The molecule has 52 valence electrons. The van der Waals surface area contributed by atoms with E-state index < -0.39 is 0 Å². The molecule has 0 bridgehead atoms. The van der Waals surface area contributed by atoms with Crippen molar-refractivity contribution in [3.05, 3.63) is 0 Å². The van der Waals surface area contributed by atoms with E-state index >= 15 is 0 Å². The summed E-state index contributed by atoms with van der Waals surface area (Å²) in [6.45, 7) is 0. The van der Waals surface area contributed by atoms with Gasteiger partial charge in [0.1, 0.15) is 6.10 Å². The molecule has 0 aromatic heterocycles. The van der Waals surface area contributed by atoms with Gasteiger partial charge in [0.2, 0.25) is 0 Å². The normalized spacial score (nSPS) is 32.1. The SMILES string of the molecule is O=C[C@H]1O[C@@H]1CCCBr. The Morgan fingerprint density at radius 3 is 2.89 bits per heavy atom. The van der Waals surface area contributed by atoms with Gasteiger partial charge in [0, 0.05) is 5.33 Å². The number of halogens is 1. The van der Waals surface area contributed by atoms with E-state index in [2.05, 4.69) is 15.9 Å². The lowest BCUT2D eigenvalue weighted by Gasteiger charge is -1.86. The fraction of sp³-hybridized carbons (Fsp3) is 0.833. The van der Waals surface area contributed by atoms with Crippen LogP contribution in [0.25, 0.3) is 0 Å². The van der Waals surface area contributed by atoms with E-state index in [4.69, 9.17) is 4.74 Å². The number of ether oxygens (including phenoxy) is 1. The molecule has 0 amide bonds. The Labute approximate surface area is 62.7 Å². The summed E-state index contributed by atoms with van der Waals surface area (Å²) >= 11 is 3.30. The van der Waals surface area contributed by atoms with Crippen molar-refractivity contribution in [3.63, 3.8) is 0 Å². The quantitative estimate of drug-likeness (QED) is 0.380. The van der Waals surface area contributed by atoms with Gasteiger partial charge >= 0.3 is 0 Å². The van der Waals surface area contributed by atoms with Crippen LogP contribution in [0.3, 0.4) is 0 Å². The molecule has 0 radical (unpaired) electrons. The summed E-state index contributed by atoms with van der Waals surface area (Å²) in [5.41, 5.74) is 0. The van der Waals surface area contributed by atoms with E-state index in [1.807, 2.05) is 0 Å². The van der Waals surface area contributed by atoms with Gasteiger partial charge in [-0.2, -0.15) is 0 Å². The maximum absolute atomic E-state index is 10.0. The average Bonchev–Trinajstić information content (AvgIpc) is 2.62. The Balaban J connectivity index is 1.98. The van der Waals surface area contributed by atoms with Crippen molar-refractivity contribution in [3.8, 4) is 0 Å². The highest BCUT2D eigenvalue weighted by Gasteiger charge is 2.37. The van der Waals surface area contributed by atoms with Crippen molar-refractivity contribution in [2.45, 2.75) is 25.0 Å². The van der Waals surface area contributed by atoms with Gasteiger partial charge in [-0.25, -0.2) is 0 Å². The molecule has 0 aliphatic carbocycles. The molecule has 0 N–H and O–H groups in total. The summed E-state index contributed by atoms with van der Waals surface area (Å²) in [4.78, 5) is 10.0. The number of hydrogen-bond acceptors (Lipinski definition) is 2. The molecule has 1 rings (SSSR count). The lowest BCUT2D eigenvalue weighted by atomic mass is 10.2. The molecule has 3 heteroatoms. The van der Waals surface area contributed by atoms with Gasteiger partial charge in [-0.3, -0.25) is 0 Å². The zero-order chi connectivity index (χ0) is 6.69. The summed E-state index contributed by atoms with van der Waals surface area (Å²) in [5.74, 6) is 0. The van der Waals surface area contributed by atoms with E-state index in [1.165, 1.54) is 0 Å². The van der Waals surface area contributed by atoms with E-state index in [0.717, 1.165) is 24.5 Å². The smallest absolute Gasteiger partial charge is 0.151 e. The number of rotatable bonds is 4. The predicted molar refractivity (Wildman–Crippen MR) is 37.8 cm³/mol. The number of carbonyl (C=O) groups excluding carboxylic acids is 1. The first-order chi connectivity index (χ1) is 4.38. The van der Waals surface area contributed by atoms with Crippen molar-refractivity contribution < 1.29 is 9.53 Å². The monoisotopic (exact) mass is 192 g/mol. The van der Waals surface area contributed by atoms with Gasteiger partial charge in [-0.15, -0.1) is 0 Å². The topological polar surface area (TPSA) is 29.6 Å². The third kappa shape index (κ3) is 2.06.